The molecule has 0 bridgehead atoms. The fourth-order valence-corrected chi connectivity index (χ4v) is 5.00. The fourth-order valence-electron chi connectivity index (χ4n) is 3.97. The molecular formula is C24H14N2O6S2-2. The second-order valence-electron chi connectivity index (χ2n) is 7.54. The van der Waals surface area contributed by atoms with Crippen molar-refractivity contribution in [3.8, 4) is 22.3 Å². The number of benzene rings is 3. The molecule has 0 radical (unpaired) electrons. The van der Waals surface area contributed by atoms with Gasteiger partial charge in [0, 0.05) is 23.2 Å². The number of nitrogens with zero attached hydrogens (tertiary/aromatic N) is 2. The van der Waals surface area contributed by atoms with Gasteiger partial charge in [0.25, 0.3) is 0 Å². The Labute approximate surface area is 195 Å². The highest BCUT2D eigenvalue weighted by molar-refractivity contribution is 7.86. The van der Waals surface area contributed by atoms with Crippen LogP contribution in [-0.2, 0) is 20.2 Å². The summed E-state index contributed by atoms with van der Waals surface area (Å²) in [7, 11) is -9.23. The number of rotatable bonds is 4. The summed E-state index contributed by atoms with van der Waals surface area (Å²) in [6.07, 6.45) is 3.13. The highest BCUT2D eigenvalue weighted by Gasteiger charge is 2.14. The van der Waals surface area contributed by atoms with Gasteiger partial charge < -0.3 is 9.11 Å². The van der Waals surface area contributed by atoms with Crippen LogP contribution in [-0.4, -0.2) is 35.9 Å². The van der Waals surface area contributed by atoms with Crippen LogP contribution in [0.25, 0.3) is 44.1 Å². The molecule has 170 valence electrons. The number of pyridine rings is 2. The molecule has 3 aromatic carbocycles. The number of aromatic nitrogens is 2. The molecule has 0 N–H and O–H groups in total. The lowest BCUT2D eigenvalue weighted by Gasteiger charge is -2.13. The standard InChI is InChI=1S/C24H16N2O6S2/c27-33(28,29)17-5-1-3-15(13-17)19-9-11-25-23-21(19)7-8-22-20(10-12-26-24(22)23)16-4-2-6-18(14-16)34(30,31)32/h1-14H,(H,27,28,29)(H,30,31,32)/p-2. The van der Waals surface area contributed by atoms with Gasteiger partial charge in [0.05, 0.1) is 20.8 Å². The Morgan fingerprint density at radius 3 is 1.35 bits per heavy atom. The molecule has 0 atom stereocenters. The van der Waals surface area contributed by atoms with Crippen molar-refractivity contribution in [3.63, 3.8) is 0 Å². The summed E-state index contributed by atoms with van der Waals surface area (Å²) in [6.45, 7) is 0. The first-order valence-corrected chi connectivity index (χ1v) is 12.7. The smallest absolute Gasteiger partial charge is 0.124 e. The third-order valence-electron chi connectivity index (χ3n) is 5.49. The maximum atomic E-state index is 11.5. The minimum atomic E-state index is -4.61. The zero-order valence-corrected chi connectivity index (χ0v) is 18.9. The monoisotopic (exact) mass is 490 g/mol. The zero-order chi connectivity index (χ0) is 24.1. The molecule has 2 aromatic heterocycles. The number of fused-ring (bicyclic) bond motifs is 3. The third-order valence-corrected chi connectivity index (χ3v) is 7.15. The van der Waals surface area contributed by atoms with E-state index in [1.165, 1.54) is 36.4 Å². The number of hydrogen-bond acceptors (Lipinski definition) is 8. The molecule has 8 nitrogen and oxygen atoms in total. The topological polar surface area (TPSA) is 140 Å². The van der Waals surface area contributed by atoms with Crippen LogP contribution in [0.4, 0.5) is 0 Å². The Morgan fingerprint density at radius 1 is 0.559 bits per heavy atom. The number of hydrogen-bond donors (Lipinski definition) is 0. The molecule has 0 amide bonds. The maximum absolute atomic E-state index is 11.5. The summed E-state index contributed by atoms with van der Waals surface area (Å²) >= 11 is 0. The van der Waals surface area contributed by atoms with Crippen molar-refractivity contribution in [1.29, 1.82) is 0 Å². The largest absolute Gasteiger partial charge is 0.744 e. The highest BCUT2D eigenvalue weighted by Crippen LogP contribution is 2.35. The Hall–Kier alpha value is -3.70. The van der Waals surface area contributed by atoms with E-state index in [0.717, 1.165) is 0 Å². The normalized spacial score (nSPS) is 12.3. The lowest BCUT2D eigenvalue weighted by molar-refractivity contribution is 0.461. The first-order chi connectivity index (χ1) is 16.1. The van der Waals surface area contributed by atoms with E-state index in [1.807, 2.05) is 0 Å². The summed E-state index contributed by atoms with van der Waals surface area (Å²) in [4.78, 5) is 8.28. The van der Waals surface area contributed by atoms with Crippen LogP contribution in [0, 0.1) is 0 Å². The molecule has 0 aliphatic carbocycles. The van der Waals surface area contributed by atoms with Crippen LogP contribution in [0.3, 0.4) is 0 Å². The van der Waals surface area contributed by atoms with E-state index in [4.69, 9.17) is 0 Å². The molecular weight excluding hydrogens is 476 g/mol. The summed E-state index contributed by atoms with van der Waals surface area (Å²) in [6, 6.07) is 18.6. The average molecular weight is 491 g/mol. The van der Waals surface area contributed by atoms with Crippen molar-refractivity contribution >= 4 is 42.0 Å². The van der Waals surface area contributed by atoms with Gasteiger partial charge in [-0.1, -0.05) is 36.4 Å². The molecule has 0 fully saturated rings. The van der Waals surface area contributed by atoms with E-state index >= 15 is 0 Å². The van der Waals surface area contributed by atoms with Gasteiger partial charge in [-0.2, -0.15) is 0 Å². The first kappa shape index (κ1) is 22.1. The Kier molecular flexibility index (Phi) is 5.18. The Morgan fingerprint density at radius 2 is 0.971 bits per heavy atom. The van der Waals surface area contributed by atoms with E-state index in [-0.39, 0.29) is 9.79 Å². The SMILES string of the molecule is O=S(=O)([O-])c1cccc(-c2ccnc3c2ccc2c(-c4cccc(S(=O)(=O)[O-])c4)ccnc23)c1. The third kappa shape index (κ3) is 3.93. The predicted molar refractivity (Wildman–Crippen MR) is 124 cm³/mol. The van der Waals surface area contributed by atoms with E-state index in [9.17, 15) is 25.9 Å². The molecule has 0 unspecified atom stereocenters. The van der Waals surface area contributed by atoms with Crippen molar-refractivity contribution < 1.29 is 25.9 Å². The Balaban J connectivity index is 1.74. The molecule has 2 heterocycles. The highest BCUT2D eigenvalue weighted by atomic mass is 32.2. The lowest BCUT2D eigenvalue weighted by Crippen LogP contribution is -1.99. The molecule has 0 spiro atoms. The molecule has 10 heteroatoms. The molecule has 0 aliphatic rings. The van der Waals surface area contributed by atoms with Crippen LogP contribution in [0.2, 0.25) is 0 Å². The molecule has 0 aliphatic heterocycles. The Bertz CT molecular complexity index is 1680. The van der Waals surface area contributed by atoms with Crippen LogP contribution in [0.5, 0.6) is 0 Å². The molecule has 34 heavy (non-hydrogen) atoms. The van der Waals surface area contributed by atoms with Gasteiger partial charge in [0.2, 0.25) is 0 Å². The van der Waals surface area contributed by atoms with Crippen molar-refractivity contribution in [2.45, 2.75) is 9.79 Å². The van der Waals surface area contributed by atoms with Crippen molar-refractivity contribution in [2.24, 2.45) is 0 Å². The van der Waals surface area contributed by atoms with Gasteiger partial charge in [0.15, 0.2) is 0 Å². The van der Waals surface area contributed by atoms with Gasteiger partial charge in [-0.05, 0) is 58.7 Å². The summed E-state index contributed by atoms with van der Waals surface area (Å²) < 4.78 is 68.9. The lowest BCUT2D eigenvalue weighted by atomic mass is 9.96. The van der Waals surface area contributed by atoms with Gasteiger partial charge in [0.1, 0.15) is 20.2 Å². The maximum Gasteiger partial charge on any atom is 0.124 e. The zero-order valence-electron chi connectivity index (χ0n) is 17.2. The van der Waals surface area contributed by atoms with Crippen LogP contribution < -0.4 is 0 Å². The first-order valence-electron chi connectivity index (χ1n) is 9.92. The average Bonchev–Trinajstić information content (AvgIpc) is 2.82. The second-order valence-corrected chi connectivity index (χ2v) is 10.3. The minimum Gasteiger partial charge on any atom is -0.744 e. The van der Waals surface area contributed by atoms with Crippen molar-refractivity contribution in [2.75, 3.05) is 0 Å². The predicted octanol–water partition coefficient (Wildman–Crippen LogP) is 3.93. The molecule has 5 rings (SSSR count). The second kappa shape index (κ2) is 7.96. The minimum absolute atomic E-state index is 0.329. The molecule has 5 aromatic rings. The van der Waals surface area contributed by atoms with Gasteiger partial charge in [-0.3, -0.25) is 9.97 Å². The summed E-state index contributed by atoms with van der Waals surface area (Å²) in [5.74, 6) is 0. The summed E-state index contributed by atoms with van der Waals surface area (Å²) in [5.41, 5.74) is 3.49. The van der Waals surface area contributed by atoms with E-state index in [2.05, 4.69) is 9.97 Å². The van der Waals surface area contributed by atoms with Crippen LogP contribution >= 0.6 is 0 Å². The van der Waals surface area contributed by atoms with E-state index in [1.54, 1.807) is 48.8 Å². The van der Waals surface area contributed by atoms with Gasteiger partial charge in [-0.25, -0.2) is 16.8 Å². The van der Waals surface area contributed by atoms with Gasteiger partial charge >= 0.3 is 0 Å². The van der Waals surface area contributed by atoms with E-state index in [0.29, 0.717) is 44.1 Å². The van der Waals surface area contributed by atoms with E-state index < -0.39 is 20.2 Å². The quantitative estimate of drug-likeness (QED) is 0.273. The van der Waals surface area contributed by atoms with Crippen molar-refractivity contribution in [1.82, 2.24) is 9.97 Å². The van der Waals surface area contributed by atoms with Crippen LogP contribution in [0.1, 0.15) is 0 Å². The van der Waals surface area contributed by atoms with Crippen LogP contribution in [0.15, 0.2) is 95.0 Å². The molecule has 0 saturated heterocycles. The van der Waals surface area contributed by atoms with Gasteiger partial charge in [-0.15, -0.1) is 0 Å². The fraction of sp³-hybridized carbons (Fsp3) is 0. The molecule has 0 saturated carbocycles. The van der Waals surface area contributed by atoms with Crippen molar-refractivity contribution in [3.05, 3.63) is 85.2 Å². The summed E-state index contributed by atoms with van der Waals surface area (Å²) in [5, 5.41) is 1.38.